The molecule has 0 aliphatic carbocycles. The molecule has 0 radical (unpaired) electrons. The maximum Gasteiger partial charge on any atom is 0.168 e. The van der Waals surface area contributed by atoms with Crippen molar-refractivity contribution in [3.8, 4) is 0 Å². The molecule has 4 rings (SSSR count). The lowest BCUT2D eigenvalue weighted by atomic mass is 10.1. The van der Waals surface area contributed by atoms with Gasteiger partial charge in [0.25, 0.3) is 0 Å². The largest absolute Gasteiger partial charge is 0.369 e. The summed E-state index contributed by atoms with van der Waals surface area (Å²) >= 11 is 0. The molecule has 6 heteroatoms. The second-order valence-electron chi connectivity index (χ2n) is 7.70. The third-order valence-electron chi connectivity index (χ3n) is 5.74. The molecule has 1 aliphatic rings. The van der Waals surface area contributed by atoms with Crippen LogP contribution in [-0.2, 0) is 6.54 Å². The molecular formula is C23H30N6. The van der Waals surface area contributed by atoms with Gasteiger partial charge in [0.1, 0.15) is 0 Å². The predicted molar refractivity (Wildman–Crippen MR) is 116 cm³/mol. The molecule has 0 N–H and O–H groups in total. The minimum absolute atomic E-state index is 0.270. The molecule has 1 aromatic heterocycles. The monoisotopic (exact) mass is 390 g/mol. The van der Waals surface area contributed by atoms with Gasteiger partial charge < -0.3 is 4.90 Å². The lowest BCUT2D eigenvalue weighted by molar-refractivity contribution is 0.163. The van der Waals surface area contributed by atoms with E-state index in [2.05, 4.69) is 86.8 Å². The molecule has 1 aliphatic heterocycles. The molecule has 29 heavy (non-hydrogen) atoms. The van der Waals surface area contributed by atoms with Crippen molar-refractivity contribution in [1.82, 2.24) is 25.1 Å². The lowest BCUT2D eigenvalue weighted by Gasteiger charge is -2.39. The van der Waals surface area contributed by atoms with E-state index in [1.807, 2.05) is 10.7 Å². The minimum Gasteiger partial charge on any atom is -0.369 e. The van der Waals surface area contributed by atoms with Gasteiger partial charge in [0.2, 0.25) is 0 Å². The van der Waals surface area contributed by atoms with Gasteiger partial charge in [-0.05, 0) is 34.5 Å². The predicted octanol–water partition coefficient (Wildman–Crippen LogP) is 3.77. The van der Waals surface area contributed by atoms with Crippen molar-refractivity contribution in [2.45, 2.75) is 38.8 Å². The molecule has 0 saturated carbocycles. The second-order valence-corrected chi connectivity index (χ2v) is 7.70. The Morgan fingerprint density at radius 1 is 0.897 bits per heavy atom. The van der Waals surface area contributed by atoms with Crippen LogP contribution in [0.25, 0.3) is 0 Å². The van der Waals surface area contributed by atoms with E-state index in [-0.39, 0.29) is 6.04 Å². The molecule has 0 unspecified atom stereocenters. The average Bonchev–Trinajstić information content (AvgIpc) is 3.23. The number of tetrazole rings is 1. The van der Waals surface area contributed by atoms with Crippen molar-refractivity contribution < 1.29 is 0 Å². The number of para-hydroxylation sites is 1. The molecule has 152 valence electrons. The van der Waals surface area contributed by atoms with Gasteiger partial charge in [-0.25, -0.2) is 4.68 Å². The maximum atomic E-state index is 4.46. The van der Waals surface area contributed by atoms with Crippen molar-refractivity contribution >= 4 is 5.69 Å². The maximum absolute atomic E-state index is 4.46. The Hall–Kier alpha value is -2.73. The van der Waals surface area contributed by atoms with Gasteiger partial charge in [-0.2, -0.15) is 0 Å². The first-order chi connectivity index (χ1) is 14.3. The van der Waals surface area contributed by atoms with Gasteiger partial charge in [0.15, 0.2) is 5.82 Å². The van der Waals surface area contributed by atoms with Crippen LogP contribution in [0, 0.1) is 0 Å². The van der Waals surface area contributed by atoms with Crippen LogP contribution in [0.2, 0.25) is 0 Å². The van der Waals surface area contributed by atoms with Gasteiger partial charge in [-0.3, -0.25) is 4.90 Å². The van der Waals surface area contributed by atoms with Crippen LogP contribution in [0.3, 0.4) is 0 Å². The topological polar surface area (TPSA) is 50.1 Å². The van der Waals surface area contributed by atoms with Gasteiger partial charge in [0, 0.05) is 31.9 Å². The molecule has 2 heterocycles. The third kappa shape index (κ3) is 4.82. The molecule has 3 aromatic rings. The Bertz CT molecular complexity index is 855. The van der Waals surface area contributed by atoms with E-state index in [1.165, 1.54) is 24.1 Å². The van der Waals surface area contributed by atoms with Crippen molar-refractivity contribution in [1.29, 1.82) is 0 Å². The number of unbranched alkanes of at least 4 members (excludes halogenated alkanes) is 1. The molecule has 0 amide bonds. The first-order valence-corrected chi connectivity index (χ1v) is 10.7. The van der Waals surface area contributed by atoms with Crippen molar-refractivity contribution in [3.05, 3.63) is 72.1 Å². The van der Waals surface area contributed by atoms with Crippen LogP contribution in [-0.4, -0.2) is 51.3 Å². The number of hydrogen-bond acceptors (Lipinski definition) is 5. The average molecular weight is 391 g/mol. The van der Waals surface area contributed by atoms with Crippen LogP contribution in [0.15, 0.2) is 60.7 Å². The zero-order valence-electron chi connectivity index (χ0n) is 17.2. The summed E-state index contributed by atoms with van der Waals surface area (Å²) < 4.78 is 1.99. The molecular weight excluding hydrogens is 360 g/mol. The molecule has 0 spiro atoms. The van der Waals surface area contributed by atoms with Crippen molar-refractivity contribution in [2.24, 2.45) is 0 Å². The van der Waals surface area contributed by atoms with Crippen LogP contribution in [0.5, 0.6) is 0 Å². The van der Waals surface area contributed by atoms with Crippen LogP contribution in [0.4, 0.5) is 5.69 Å². The van der Waals surface area contributed by atoms with E-state index in [0.29, 0.717) is 0 Å². The lowest BCUT2D eigenvalue weighted by Crippen LogP contribution is -2.48. The van der Waals surface area contributed by atoms with E-state index in [4.69, 9.17) is 0 Å². The summed E-state index contributed by atoms with van der Waals surface area (Å²) in [5, 5.41) is 12.8. The van der Waals surface area contributed by atoms with E-state index in [0.717, 1.165) is 45.0 Å². The van der Waals surface area contributed by atoms with Gasteiger partial charge in [-0.15, -0.1) is 5.10 Å². The second kappa shape index (κ2) is 9.65. The zero-order valence-corrected chi connectivity index (χ0v) is 17.2. The highest BCUT2D eigenvalue weighted by atomic mass is 15.6. The molecule has 2 aromatic carbocycles. The number of hydrogen-bond donors (Lipinski definition) is 0. The third-order valence-corrected chi connectivity index (χ3v) is 5.74. The number of aromatic nitrogens is 4. The Kier molecular flexibility index (Phi) is 6.52. The van der Waals surface area contributed by atoms with E-state index >= 15 is 0 Å². The van der Waals surface area contributed by atoms with Gasteiger partial charge in [0.05, 0.1) is 12.6 Å². The SMILES string of the molecule is CCCC[C@@H](c1nnnn1Cc1ccccc1)N1CCN(c2ccccc2)CC1. The number of anilines is 1. The van der Waals surface area contributed by atoms with Crippen molar-refractivity contribution in [3.63, 3.8) is 0 Å². The van der Waals surface area contributed by atoms with Crippen molar-refractivity contribution in [2.75, 3.05) is 31.1 Å². The highest BCUT2D eigenvalue weighted by Gasteiger charge is 2.28. The fourth-order valence-electron chi connectivity index (χ4n) is 4.12. The summed E-state index contributed by atoms with van der Waals surface area (Å²) in [6, 6.07) is 21.4. The smallest absolute Gasteiger partial charge is 0.168 e. The number of nitrogens with zero attached hydrogens (tertiary/aromatic N) is 6. The van der Waals surface area contributed by atoms with Gasteiger partial charge >= 0.3 is 0 Å². The summed E-state index contributed by atoms with van der Waals surface area (Å²) in [5.41, 5.74) is 2.54. The minimum atomic E-state index is 0.270. The van der Waals surface area contributed by atoms with Crippen LogP contribution in [0.1, 0.15) is 43.6 Å². The molecule has 6 nitrogen and oxygen atoms in total. The fourth-order valence-corrected chi connectivity index (χ4v) is 4.12. The van der Waals surface area contributed by atoms with E-state index in [1.54, 1.807) is 0 Å². The first kappa shape index (κ1) is 19.6. The zero-order chi connectivity index (χ0) is 19.9. The fraction of sp³-hybridized carbons (Fsp3) is 0.435. The normalized spacial score (nSPS) is 16.1. The summed E-state index contributed by atoms with van der Waals surface area (Å²) in [7, 11) is 0. The quantitative estimate of drug-likeness (QED) is 0.586. The Labute approximate surface area is 173 Å². The Morgan fingerprint density at radius 3 is 2.28 bits per heavy atom. The van der Waals surface area contributed by atoms with Crippen LogP contribution >= 0.6 is 0 Å². The summed E-state index contributed by atoms with van der Waals surface area (Å²) in [6.45, 7) is 7.09. The summed E-state index contributed by atoms with van der Waals surface area (Å²) in [5.74, 6) is 0.996. The van der Waals surface area contributed by atoms with E-state index < -0.39 is 0 Å². The van der Waals surface area contributed by atoms with Gasteiger partial charge in [-0.1, -0.05) is 68.3 Å². The molecule has 1 saturated heterocycles. The van der Waals surface area contributed by atoms with Crippen LogP contribution < -0.4 is 4.90 Å². The Morgan fingerprint density at radius 2 is 1.59 bits per heavy atom. The molecule has 0 bridgehead atoms. The highest BCUT2D eigenvalue weighted by Crippen LogP contribution is 2.27. The number of rotatable bonds is 8. The number of piperazine rings is 1. The standard InChI is InChI=1S/C23H30N6/c1-2-3-14-22(23-24-25-26-29(23)19-20-10-6-4-7-11-20)28-17-15-27(16-18-28)21-12-8-5-9-13-21/h4-13,22H,2-3,14-19H2,1H3/t22-/m0/s1. The highest BCUT2D eigenvalue weighted by molar-refractivity contribution is 5.46. The summed E-state index contributed by atoms with van der Waals surface area (Å²) in [6.07, 6.45) is 3.46. The Balaban J connectivity index is 1.48. The van der Waals surface area contributed by atoms with E-state index in [9.17, 15) is 0 Å². The molecule has 1 atom stereocenters. The number of benzene rings is 2. The first-order valence-electron chi connectivity index (χ1n) is 10.7. The summed E-state index contributed by atoms with van der Waals surface area (Å²) in [4.78, 5) is 5.04. The molecule has 1 fully saturated rings.